The molecule has 1 unspecified atom stereocenters. The summed E-state index contributed by atoms with van der Waals surface area (Å²) in [7, 11) is 0. The van der Waals surface area contributed by atoms with Crippen LogP contribution in [0.25, 0.3) is 0 Å². The van der Waals surface area contributed by atoms with Crippen molar-refractivity contribution in [2.75, 3.05) is 6.61 Å². The molecule has 1 atom stereocenters. The number of hydrogen-bond acceptors (Lipinski definition) is 3. The molecule has 0 aliphatic carbocycles. The zero-order valence-corrected chi connectivity index (χ0v) is 10.1. The Morgan fingerprint density at radius 3 is 2.60 bits per heavy atom. The van der Waals surface area contributed by atoms with E-state index in [9.17, 15) is 4.79 Å². The Kier molecular flexibility index (Phi) is 7.78. The molecule has 0 saturated heterocycles. The maximum absolute atomic E-state index is 11.2. The van der Waals surface area contributed by atoms with Gasteiger partial charge in [0.25, 0.3) is 0 Å². The van der Waals surface area contributed by atoms with Gasteiger partial charge in [0, 0.05) is 11.8 Å². The first-order chi connectivity index (χ1) is 7.10. The molecular formula is C12H23NO2. The molecule has 0 heterocycles. The van der Waals surface area contributed by atoms with Crippen LogP contribution in [0.15, 0.2) is 11.8 Å². The van der Waals surface area contributed by atoms with Crippen molar-refractivity contribution in [3.63, 3.8) is 0 Å². The second-order valence-corrected chi connectivity index (χ2v) is 3.93. The lowest BCUT2D eigenvalue weighted by Crippen LogP contribution is -2.13. The van der Waals surface area contributed by atoms with Gasteiger partial charge in [0.15, 0.2) is 0 Å². The van der Waals surface area contributed by atoms with Crippen LogP contribution < -0.4 is 5.73 Å². The van der Waals surface area contributed by atoms with Crippen LogP contribution in [0.3, 0.4) is 0 Å². The number of ether oxygens (including phenoxy) is 1. The standard InChI is InChI=1S/C12H23NO2/c1-4-6-7-11(5-2)9-15-12(14)8-10(3)13/h8,11H,4-7,9,13H2,1-3H3. The van der Waals surface area contributed by atoms with Crippen molar-refractivity contribution in [2.24, 2.45) is 11.7 Å². The summed E-state index contributed by atoms with van der Waals surface area (Å²) in [6.45, 7) is 6.48. The van der Waals surface area contributed by atoms with Crippen LogP contribution in [-0.4, -0.2) is 12.6 Å². The van der Waals surface area contributed by atoms with E-state index in [2.05, 4.69) is 13.8 Å². The molecule has 15 heavy (non-hydrogen) atoms. The van der Waals surface area contributed by atoms with Crippen LogP contribution in [0, 0.1) is 5.92 Å². The minimum atomic E-state index is -0.329. The maximum Gasteiger partial charge on any atom is 0.332 e. The molecular weight excluding hydrogens is 190 g/mol. The SMILES string of the molecule is CCCCC(CC)COC(=O)C=C(C)N. The van der Waals surface area contributed by atoms with Gasteiger partial charge in [0.05, 0.1) is 6.61 Å². The lowest BCUT2D eigenvalue weighted by Gasteiger charge is -2.13. The van der Waals surface area contributed by atoms with Crippen molar-refractivity contribution in [2.45, 2.75) is 46.5 Å². The summed E-state index contributed by atoms with van der Waals surface area (Å²) in [4.78, 5) is 11.2. The predicted octanol–water partition coefficient (Wildman–Crippen LogP) is 2.61. The molecule has 0 fully saturated rings. The van der Waals surface area contributed by atoms with Gasteiger partial charge in [0.1, 0.15) is 0 Å². The molecule has 0 aliphatic heterocycles. The Bertz CT molecular complexity index is 208. The molecule has 0 aromatic carbocycles. The van der Waals surface area contributed by atoms with Crippen LogP contribution in [0.5, 0.6) is 0 Å². The van der Waals surface area contributed by atoms with Gasteiger partial charge in [-0.2, -0.15) is 0 Å². The molecule has 0 aliphatic rings. The number of esters is 1. The summed E-state index contributed by atoms with van der Waals surface area (Å²) in [5, 5.41) is 0. The van der Waals surface area contributed by atoms with Gasteiger partial charge >= 0.3 is 5.97 Å². The van der Waals surface area contributed by atoms with Crippen molar-refractivity contribution < 1.29 is 9.53 Å². The number of hydrogen-bond donors (Lipinski definition) is 1. The second-order valence-electron chi connectivity index (χ2n) is 3.93. The average Bonchev–Trinajstić information content (AvgIpc) is 2.17. The number of unbranched alkanes of at least 4 members (excludes halogenated alkanes) is 1. The quantitative estimate of drug-likeness (QED) is 0.522. The largest absolute Gasteiger partial charge is 0.462 e. The summed E-state index contributed by atoms with van der Waals surface area (Å²) in [5.41, 5.74) is 5.86. The van der Waals surface area contributed by atoms with Gasteiger partial charge in [-0.15, -0.1) is 0 Å². The smallest absolute Gasteiger partial charge is 0.332 e. The molecule has 0 saturated carbocycles. The lowest BCUT2D eigenvalue weighted by molar-refractivity contribution is -0.139. The van der Waals surface area contributed by atoms with E-state index in [1.165, 1.54) is 18.9 Å². The highest BCUT2D eigenvalue weighted by molar-refractivity contribution is 5.82. The van der Waals surface area contributed by atoms with Crippen molar-refractivity contribution in [1.82, 2.24) is 0 Å². The van der Waals surface area contributed by atoms with Crippen LogP contribution >= 0.6 is 0 Å². The number of rotatable bonds is 7. The summed E-state index contributed by atoms with van der Waals surface area (Å²) >= 11 is 0. The summed E-state index contributed by atoms with van der Waals surface area (Å²) in [6.07, 6.45) is 5.89. The summed E-state index contributed by atoms with van der Waals surface area (Å²) in [5.74, 6) is 0.158. The Morgan fingerprint density at radius 2 is 2.13 bits per heavy atom. The van der Waals surface area contributed by atoms with Crippen molar-refractivity contribution in [3.05, 3.63) is 11.8 Å². The normalized spacial score (nSPS) is 13.7. The fourth-order valence-corrected chi connectivity index (χ4v) is 1.33. The Morgan fingerprint density at radius 1 is 1.47 bits per heavy atom. The fraction of sp³-hybridized carbons (Fsp3) is 0.750. The third kappa shape index (κ3) is 8.03. The number of carbonyl (C=O) groups excluding carboxylic acids is 1. The topological polar surface area (TPSA) is 52.3 Å². The third-order valence-electron chi connectivity index (χ3n) is 2.35. The monoisotopic (exact) mass is 213 g/mol. The minimum Gasteiger partial charge on any atom is -0.462 e. The molecule has 0 bridgehead atoms. The molecule has 0 aromatic rings. The van der Waals surface area contributed by atoms with E-state index in [0.717, 1.165) is 12.8 Å². The number of allylic oxidation sites excluding steroid dienone is 1. The molecule has 3 nitrogen and oxygen atoms in total. The highest BCUT2D eigenvalue weighted by Crippen LogP contribution is 2.12. The Labute approximate surface area is 92.7 Å². The minimum absolute atomic E-state index is 0.329. The molecule has 88 valence electrons. The zero-order valence-electron chi connectivity index (χ0n) is 10.1. The molecule has 2 N–H and O–H groups in total. The summed E-state index contributed by atoms with van der Waals surface area (Å²) < 4.78 is 5.11. The predicted molar refractivity (Wildman–Crippen MR) is 62.2 cm³/mol. The van der Waals surface area contributed by atoms with E-state index in [-0.39, 0.29) is 5.97 Å². The van der Waals surface area contributed by atoms with E-state index in [1.807, 2.05) is 0 Å². The highest BCUT2D eigenvalue weighted by atomic mass is 16.5. The van der Waals surface area contributed by atoms with Crippen molar-refractivity contribution in [1.29, 1.82) is 0 Å². The molecule has 3 heteroatoms. The number of carbonyl (C=O) groups is 1. The van der Waals surface area contributed by atoms with Crippen molar-refractivity contribution in [3.8, 4) is 0 Å². The maximum atomic E-state index is 11.2. The lowest BCUT2D eigenvalue weighted by atomic mass is 10.0. The molecule has 0 spiro atoms. The molecule has 0 rings (SSSR count). The van der Waals surface area contributed by atoms with Crippen LogP contribution in [-0.2, 0) is 9.53 Å². The fourth-order valence-electron chi connectivity index (χ4n) is 1.33. The van der Waals surface area contributed by atoms with Crippen LogP contribution in [0.1, 0.15) is 46.5 Å². The van der Waals surface area contributed by atoms with Gasteiger partial charge < -0.3 is 10.5 Å². The average molecular weight is 213 g/mol. The molecule has 0 amide bonds. The number of nitrogens with two attached hydrogens (primary N) is 1. The van der Waals surface area contributed by atoms with Crippen LogP contribution in [0.2, 0.25) is 0 Å². The van der Waals surface area contributed by atoms with Crippen molar-refractivity contribution >= 4 is 5.97 Å². The Hall–Kier alpha value is -0.990. The van der Waals surface area contributed by atoms with E-state index in [1.54, 1.807) is 6.92 Å². The van der Waals surface area contributed by atoms with E-state index >= 15 is 0 Å². The van der Waals surface area contributed by atoms with E-state index < -0.39 is 0 Å². The highest BCUT2D eigenvalue weighted by Gasteiger charge is 2.08. The first-order valence-electron chi connectivity index (χ1n) is 5.70. The molecule has 0 aromatic heterocycles. The summed E-state index contributed by atoms with van der Waals surface area (Å²) in [6, 6.07) is 0. The third-order valence-corrected chi connectivity index (χ3v) is 2.35. The van der Waals surface area contributed by atoms with Gasteiger partial charge in [-0.25, -0.2) is 4.79 Å². The van der Waals surface area contributed by atoms with Gasteiger partial charge in [-0.05, 0) is 19.3 Å². The zero-order chi connectivity index (χ0) is 11.7. The van der Waals surface area contributed by atoms with Gasteiger partial charge in [-0.3, -0.25) is 0 Å². The van der Waals surface area contributed by atoms with Gasteiger partial charge in [0.2, 0.25) is 0 Å². The van der Waals surface area contributed by atoms with E-state index in [0.29, 0.717) is 18.2 Å². The second kappa shape index (κ2) is 8.33. The molecule has 0 radical (unpaired) electrons. The first-order valence-corrected chi connectivity index (χ1v) is 5.70. The van der Waals surface area contributed by atoms with Gasteiger partial charge in [-0.1, -0.05) is 33.1 Å². The van der Waals surface area contributed by atoms with E-state index in [4.69, 9.17) is 10.5 Å². The first kappa shape index (κ1) is 14.0. The van der Waals surface area contributed by atoms with Crippen LogP contribution in [0.4, 0.5) is 0 Å². The Balaban J connectivity index is 3.79.